The van der Waals surface area contributed by atoms with Crippen molar-refractivity contribution in [3.05, 3.63) is 29.2 Å². The van der Waals surface area contributed by atoms with E-state index < -0.39 is 30.9 Å². The van der Waals surface area contributed by atoms with Crippen molar-refractivity contribution in [2.75, 3.05) is 18.5 Å². The molecule has 0 radical (unpaired) electrons. The number of aromatic nitrogens is 4. The van der Waals surface area contributed by atoms with Gasteiger partial charge in [-0.3, -0.25) is 14.6 Å². The summed E-state index contributed by atoms with van der Waals surface area (Å²) in [6.07, 6.45) is -3.40. The number of ether oxygens (including phenoxy) is 3. The standard InChI is InChI=1S/C20H25F3N6O5/c1-19(3-4-19)25-18(31)34-12-6-15(33-9-12)13-7-16(27-26-13)24-17(30)14-5-11(28-29(14)2)8-32-10-20(21,22)23/h5,7,12,15H,3-4,6,8-10H2,1-2H3,(H,25,31)(H2,24,26,27,30). The highest BCUT2D eigenvalue weighted by atomic mass is 19.4. The van der Waals surface area contributed by atoms with E-state index in [0.717, 1.165) is 12.8 Å². The molecule has 2 aliphatic rings. The van der Waals surface area contributed by atoms with Gasteiger partial charge in [0.2, 0.25) is 0 Å². The molecule has 2 aromatic heterocycles. The normalized spacial score (nSPS) is 21.3. The van der Waals surface area contributed by atoms with Gasteiger partial charge in [-0.25, -0.2) is 4.79 Å². The molecular weight excluding hydrogens is 461 g/mol. The third kappa shape index (κ3) is 6.26. The average molecular weight is 486 g/mol. The van der Waals surface area contributed by atoms with Crippen molar-refractivity contribution in [3.8, 4) is 0 Å². The molecule has 1 aliphatic heterocycles. The van der Waals surface area contributed by atoms with E-state index in [2.05, 4.69) is 30.7 Å². The third-order valence-corrected chi connectivity index (χ3v) is 5.50. The van der Waals surface area contributed by atoms with E-state index in [-0.39, 0.29) is 42.1 Å². The Morgan fingerprint density at radius 2 is 2.12 bits per heavy atom. The van der Waals surface area contributed by atoms with Gasteiger partial charge in [-0.15, -0.1) is 0 Å². The zero-order valence-electron chi connectivity index (χ0n) is 18.6. The van der Waals surface area contributed by atoms with Crippen molar-refractivity contribution in [1.29, 1.82) is 0 Å². The Hall–Kier alpha value is -3.13. The first-order valence-electron chi connectivity index (χ1n) is 10.6. The molecule has 186 valence electrons. The minimum atomic E-state index is -4.44. The molecule has 14 heteroatoms. The number of halogens is 3. The summed E-state index contributed by atoms with van der Waals surface area (Å²) in [6.45, 7) is 0.410. The summed E-state index contributed by atoms with van der Waals surface area (Å²) in [5.74, 6) is -0.322. The zero-order chi connectivity index (χ0) is 24.5. The molecule has 0 bridgehead atoms. The number of hydrogen-bond acceptors (Lipinski definition) is 7. The molecule has 2 fully saturated rings. The molecule has 2 unspecified atom stereocenters. The molecule has 4 rings (SSSR count). The maximum Gasteiger partial charge on any atom is 0.411 e. The molecule has 1 saturated heterocycles. The summed E-state index contributed by atoms with van der Waals surface area (Å²) in [4.78, 5) is 24.5. The van der Waals surface area contributed by atoms with Crippen molar-refractivity contribution in [1.82, 2.24) is 25.3 Å². The van der Waals surface area contributed by atoms with E-state index in [9.17, 15) is 22.8 Å². The SMILES string of the molecule is Cn1nc(COCC(F)(F)F)cc1C(=O)Nc1cc(C2CC(OC(=O)NC3(C)CC3)CO2)[nH]n1. The molecule has 2 aromatic rings. The average Bonchev–Trinajstić information content (AvgIpc) is 3.12. The lowest BCUT2D eigenvalue weighted by Crippen LogP contribution is -2.37. The number of aryl methyl sites for hydroxylation is 1. The number of hydrogen-bond donors (Lipinski definition) is 3. The molecule has 2 amide bonds. The number of alkyl carbamates (subject to hydrolysis) is 1. The number of amides is 2. The Balaban J connectivity index is 1.27. The van der Waals surface area contributed by atoms with Gasteiger partial charge in [-0.2, -0.15) is 23.4 Å². The van der Waals surface area contributed by atoms with E-state index >= 15 is 0 Å². The molecule has 2 atom stereocenters. The minimum absolute atomic E-state index is 0.121. The first kappa shape index (κ1) is 24.0. The first-order valence-corrected chi connectivity index (χ1v) is 10.6. The van der Waals surface area contributed by atoms with E-state index in [4.69, 9.17) is 9.47 Å². The summed E-state index contributed by atoms with van der Waals surface area (Å²) in [5, 5.41) is 16.3. The lowest BCUT2D eigenvalue weighted by Gasteiger charge is -2.15. The van der Waals surface area contributed by atoms with Crippen LogP contribution < -0.4 is 10.6 Å². The maximum atomic E-state index is 12.6. The fraction of sp³-hybridized carbons (Fsp3) is 0.600. The van der Waals surface area contributed by atoms with Crippen LogP contribution in [0.4, 0.5) is 23.8 Å². The van der Waals surface area contributed by atoms with Crippen LogP contribution in [0.3, 0.4) is 0 Å². The summed E-state index contributed by atoms with van der Waals surface area (Å²) in [5.41, 5.74) is 0.736. The summed E-state index contributed by atoms with van der Waals surface area (Å²) >= 11 is 0. The number of aromatic amines is 1. The molecule has 1 aliphatic carbocycles. The molecule has 0 aromatic carbocycles. The lowest BCUT2D eigenvalue weighted by molar-refractivity contribution is -0.176. The largest absolute Gasteiger partial charge is 0.444 e. The van der Waals surface area contributed by atoms with Gasteiger partial charge in [-0.1, -0.05) is 0 Å². The second kappa shape index (κ2) is 9.25. The fourth-order valence-electron chi connectivity index (χ4n) is 3.46. The van der Waals surface area contributed by atoms with Crippen LogP contribution >= 0.6 is 0 Å². The minimum Gasteiger partial charge on any atom is -0.444 e. The molecule has 3 N–H and O–H groups in total. The Labute approximate surface area is 192 Å². The monoisotopic (exact) mass is 486 g/mol. The number of anilines is 1. The number of alkyl halides is 3. The van der Waals surface area contributed by atoms with Gasteiger partial charge in [0, 0.05) is 25.1 Å². The zero-order valence-corrected chi connectivity index (χ0v) is 18.6. The van der Waals surface area contributed by atoms with Crippen molar-refractivity contribution in [2.24, 2.45) is 7.05 Å². The van der Waals surface area contributed by atoms with E-state index in [0.29, 0.717) is 12.1 Å². The number of nitrogens with one attached hydrogen (secondary N) is 3. The third-order valence-electron chi connectivity index (χ3n) is 5.50. The number of rotatable bonds is 8. The molecule has 11 nitrogen and oxygen atoms in total. The van der Waals surface area contributed by atoms with Crippen LogP contribution in [0.2, 0.25) is 0 Å². The van der Waals surface area contributed by atoms with Gasteiger partial charge >= 0.3 is 12.3 Å². The van der Waals surface area contributed by atoms with Crippen LogP contribution in [0.5, 0.6) is 0 Å². The van der Waals surface area contributed by atoms with Crippen LogP contribution in [0.1, 0.15) is 54.2 Å². The first-order chi connectivity index (χ1) is 16.0. The molecule has 0 spiro atoms. The van der Waals surface area contributed by atoms with Crippen LogP contribution in [0.15, 0.2) is 12.1 Å². The van der Waals surface area contributed by atoms with Gasteiger partial charge in [-0.05, 0) is 25.8 Å². The van der Waals surface area contributed by atoms with Crippen LogP contribution in [-0.2, 0) is 27.9 Å². The smallest absolute Gasteiger partial charge is 0.411 e. The molecule has 1 saturated carbocycles. The topological polar surface area (TPSA) is 132 Å². The van der Waals surface area contributed by atoms with Gasteiger partial charge in [0.1, 0.15) is 24.5 Å². The number of carbonyl (C=O) groups is 2. The van der Waals surface area contributed by atoms with Crippen LogP contribution in [0, 0.1) is 0 Å². The Bertz CT molecular complexity index is 1050. The van der Waals surface area contributed by atoms with Crippen LogP contribution in [0.25, 0.3) is 0 Å². The Kier molecular flexibility index (Phi) is 6.53. The highest BCUT2D eigenvalue weighted by molar-refractivity contribution is 6.02. The van der Waals surface area contributed by atoms with Crippen molar-refractivity contribution in [3.63, 3.8) is 0 Å². The van der Waals surface area contributed by atoms with Gasteiger partial charge in [0.15, 0.2) is 5.82 Å². The fourth-order valence-corrected chi connectivity index (χ4v) is 3.46. The Morgan fingerprint density at radius 1 is 1.35 bits per heavy atom. The lowest BCUT2D eigenvalue weighted by atomic mass is 10.1. The maximum absolute atomic E-state index is 12.6. The van der Waals surface area contributed by atoms with E-state index in [1.807, 2.05) is 6.92 Å². The van der Waals surface area contributed by atoms with E-state index in [1.165, 1.54) is 17.8 Å². The number of H-pyrrole nitrogens is 1. The van der Waals surface area contributed by atoms with E-state index in [1.54, 1.807) is 6.07 Å². The highest BCUT2D eigenvalue weighted by Gasteiger charge is 2.40. The second-order valence-electron chi connectivity index (χ2n) is 8.69. The van der Waals surface area contributed by atoms with Crippen molar-refractivity contribution < 1.29 is 37.0 Å². The number of nitrogens with zero attached hydrogens (tertiary/aromatic N) is 3. The quantitative estimate of drug-likeness (QED) is 0.522. The summed E-state index contributed by atoms with van der Waals surface area (Å²) in [6, 6.07) is 2.94. The Morgan fingerprint density at radius 3 is 2.82 bits per heavy atom. The number of carbonyl (C=O) groups excluding carboxylic acids is 2. The molecule has 34 heavy (non-hydrogen) atoms. The van der Waals surface area contributed by atoms with Gasteiger partial charge in [0.05, 0.1) is 24.6 Å². The molecular formula is C20H25F3N6O5. The predicted octanol–water partition coefficient (Wildman–Crippen LogP) is 2.58. The summed E-state index contributed by atoms with van der Waals surface area (Å²) < 4.78 is 53.5. The molecule has 3 heterocycles. The second-order valence-corrected chi connectivity index (χ2v) is 8.69. The van der Waals surface area contributed by atoms with Crippen LogP contribution in [-0.4, -0.2) is 63.0 Å². The summed E-state index contributed by atoms with van der Waals surface area (Å²) in [7, 11) is 1.49. The predicted molar refractivity (Wildman–Crippen MR) is 110 cm³/mol. The van der Waals surface area contributed by atoms with Gasteiger partial charge in [0.25, 0.3) is 5.91 Å². The highest BCUT2D eigenvalue weighted by Crippen LogP contribution is 2.35. The van der Waals surface area contributed by atoms with Crippen molar-refractivity contribution >= 4 is 17.8 Å². The van der Waals surface area contributed by atoms with Gasteiger partial charge < -0.3 is 24.8 Å². The van der Waals surface area contributed by atoms with Crippen molar-refractivity contribution in [2.45, 2.75) is 56.7 Å².